The fourth-order valence-corrected chi connectivity index (χ4v) is 3.17. The van der Waals surface area contributed by atoms with Crippen molar-refractivity contribution in [3.05, 3.63) is 84.6 Å². The Labute approximate surface area is 152 Å². The Morgan fingerprint density at radius 1 is 0.885 bits per heavy atom. The van der Waals surface area contributed by atoms with E-state index in [-0.39, 0.29) is 0 Å². The molecule has 0 atom stereocenters. The highest BCUT2D eigenvalue weighted by Crippen LogP contribution is 2.30. The Hall–Kier alpha value is -3.11. The third-order valence-corrected chi connectivity index (χ3v) is 4.43. The molecule has 0 aliphatic heterocycles. The number of benzene rings is 2. The number of hydrogen-bond acceptors (Lipinski definition) is 3. The first-order valence-electron chi connectivity index (χ1n) is 8.65. The third kappa shape index (κ3) is 3.07. The highest BCUT2D eigenvalue weighted by Gasteiger charge is 2.19. The molecule has 26 heavy (non-hydrogen) atoms. The van der Waals surface area contributed by atoms with Crippen LogP contribution in [0.5, 0.6) is 0 Å². The van der Waals surface area contributed by atoms with Crippen LogP contribution in [0.1, 0.15) is 19.4 Å². The zero-order valence-corrected chi connectivity index (χ0v) is 14.8. The second-order valence-electron chi connectivity index (χ2n) is 6.85. The first kappa shape index (κ1) is 16.4. The standard InChI is InChI=1S/C22H21N3O/c1-22(2,26)17-10-6-7-11-18(17)23-21-13-12-20-19(24-21)14-15-25(20)16-8-4-3-5-9-16/h3-15,26H,1-2H3,(H,23,24). The van der Waals surface area contributed by atoms with E-state index in [9.17, 15) is 5.11 Å². The van der Waals surface area contributed by atoms with Crippen LogP contribution in [-0.4, -0.2) is 14.7 Å². The SMILES string of the molecule is CC(C)(O)c1ccccc1Nc1ccc2c(ccn2-c2ccccc2)n1. The second kappa shape index (κ2) is 6.32. The number of aromatic nitrogens is 2. The fourth-order valence-electron chi connectivity index (χ4n) is 3.17. The van der Waals surface area contributed by atoms with Gasteiger partial charge in [-0.25, -0.2) is 4.98 Å². The average molecular weight is 343 g/mol. The van der Waals surface area contributed by atoms with Crippen molar-refractivity contribution < 1.29 is 5.11 Å². The van der Waals surface area contributed by atoms with Crippen molar-refractivity contribution in [1.29, 1.82) is 0 Å². The highest BCUT2D eigenvalue weighted by atomic mass is 16.3. The maximum absolute atomic E-state index is 10.4. The maximum atomic E-state index is 10.4. The van der Waals surface area contributed by atoms with Crippen LogP contribution in [0.3, 0.4) is 0 Å². The molecular weight excluding hydrogens is 322 g/mol. The summed E-state index contributed by atoms with van der Waals surface area (Å²) in [6.45, 7) is 3.56. The van der Waals surface area contributed by atoms with E-state index in [0.717, 1.165) is 33.8 Å². The number of fused-ring (bicyclic) bond motifs is 1. The van der Waals surface area contributed by atoms with Crippen LogP contribution in [-0.2, 0) is 5.60 Å². The van der Waals surface area contributed by atoms with Crippen LogP contribution in [0.25, 0.3) is 16.7 Å². The molecule has 4 heteroatoms. The Morgan fingerprint density at radius 3 is 2.38 bits per heavy atom. The summed E-state index contributed by atoms with van der Waals surface area (Å²) in [7, 11) is 0. The Morgan fingerprint density at radius 2 is 1.62 bits per heavy atom. The van der Waals surface area contributed by atoms with E-state index in [4.69, 9.17) is 4.98 Å². The maximum Gasteiger partial charge on any atom is 0.131 e. The summed E-state index contributed by atoms with van der Waals surface area (Å²) >= 11 is 0. The van der Waals surface area contributed by atoms with E-state index in [1.807, 2.05) is 60.8 Å². The van der Waals surface area contributed by atoms with Crippen LogP contribution < -0.4 is 5.32 Å². The van der Waals surface area contributed by atoms with E-state index < -0.39 is 5.60 Å². The summed E-state index contributed by atoms with van der Waals surface area (Å²) < 4.78 is 2.12. The van der Waals surface area contributed by atoms with Crippen molar-refractivity contribution in [3.63, 3.8) is 0 Å². The van der Waals surface area contributed by atoms with Gasteiger partial charge in [0.05, 0.1) is 16.6 Å². The van der Waals surface area contributed by atoms with Crippen molar-refractivity contribution in [2.24, 2.45) is 0 Å². The summed E-state index contributed by atoms with van der Waals surface area (Å²) in [5.41, 5.74) is 3.84. The monoisotopic (exact) mass is 343 g/mol. The van der Waals surface area contributed by atoms with Crippen LogP contribution in [0, 0.1) is 0 Å². The molecule has 0 saturated heterocycles. The summed E-state index contributed by atoms with van der Waals surface area (Å²) in [6, 6.07) is 24.0. The zero-order valence-electron chi connectivity index (χ0n) is 14.8. The first-order valence-corrected chi connectivity index (χ1v) is 8.65. The summed E-state index contributed by atoms with van der Waals surface area (Å²) in [5, 5.41) is 13.7. The molecule has 2 aromatic carbocycles. The highest BCUT2D eigenvalue weighted by molar-refractivity contribution is 5.80. The fraction of sp³-hybridized carbons (Fsp3) is 0.136. The van der Waals surface area contributed by atoms with Crippen molar-refractivity contribution in [2.75, 3.05) is 5.32 Å². The number of pyridine rings is 1. The lowest BCUT2D eigenvalue weighted by atomic mass is 9.96. The number of rotatable bonds is 4. The summed E-state index contributed by atoms with van der Waals surface area (Å²) in [6.07, 6.45) is 2.03. The van der Waals surface area contributed by atoms with Crippen LogP contribution in [0.4, 0.5) is 11.5 Å². The van der Waals surface area contributed by atoms with Crippen LogP contribution in [0.15, 0.2) is 79.0 Å². The molecule has 4 rings (SSSR count). The number of hydrogen-bond donors (Lipinski definition) is 2. The molecule has 0 aliphatic rings. The molecule has 0 spiro atoms. The van der Waals surface area contributed by atoms with Gasteiger partial charge in [0.1, 0.15) is 5.82 Å². The van der Waals surface area contributed by atoms with E-state index in [2.05, 4.69) is 28.1 Å². The summed E-state index contributed by atoms with van der Waals surface area (Å²) in [5.74, 6) is 0.750. The predicted molar refractivity (Wildman–Crippen MR) is 106 cm³/mol. The van der Waals surface area contributed by atoms with Gasteiger partial charge in [0.25, 0.3) is 0 Å². The molecule has 0 unspecified atom stereocenters. The molecule has 0 bridgehead atoms. The van der Waals surface area contributed by atoms with Gasteiger partial charge in [-0.05, 0) is 50.2 Å². The van der Waals surface area contributed by atoms with Crippen molar-refractivity contribution in [2.45, 2.75) is 19.4 Å². The van der Waals surface area contributed by atoms with Gasteiger partial charge < -0.3 is 15.0 Å². The molecule has 130 valence electrons. The van der Waals surface area contributed by atoms with E-state index in [1.54, 1.807) is 13.8 Å². The minimum absolute atomic E-state index is 0.750. The lowest BCUT2D eigenvalue weighted by Gasteiger charge is -2.22. The molecule has 0 fully saturated rings. The van der Waals surface area contributed by atoms with E-state index in [1.165, 1.54) is 0 Å². The molecule has 4 aromatic rings. The van der Waals surface area contributed by atoms with Crippen LogP contribution >= 0.6 is 0 Å². The largest absolute Gasteiger partial charge is 0.386 e. The van der Waals surface area contributed by atoms with Crippen molar-refractivity contribution >= 4 is 22.5 Å². The summed E-state index contributed by atoms with van der Waals surface area (Å²) in [4.78, 5) is 4.73. The molecule has 2 N–H and O–H groups in total. The van der Waals surface area contributed by atoms with Gasteiger partial charge >= 0.3 is 0 Å². The molecular formula is C22H21N3O. The lowest BCUT2D eigenvalue weighted by molar-refractivity contribution is 0.0794. The first-order chi connectivity index (χ1) is 12.5. The number of nitrogens with one attached hydrogen (secondary N) is 1. The zero-order chi connectivity index (χ0) is 18.1. The quantitative estimate of drug-likeness (QED) is 0.548. The minimum atomic E-state index is -0.926. The van der Waals surface area contributed by atoms with Crippen molar-refractivity contribution in [1.82, 2.24) is 9.55 Å². The number of para-hydroxylation sites is 2. The van der Waals surface area contributed by atoms with Gasteiger partial charge in [-0.2, -0.15) is 0 Å². The Balaban J connectivity index is 1.70. The topological polar surface area (TPSA) is 50.1 Å². The van der Waals surface area contributed by atoms with Gasteiger partial charge in [0.15, 0.2) is 0 Å². The molecule has 4 nitrogen and oxygen atoms in total. The second-order valence-corrected chi connectivity index (χ2v) is 6.85. The normalized spacial score (nSPS) is 11.7. The van der Waals surface area contributed by atoms with Gasteiger partial charge in [0.2, 0.25) is 0 Å². The Kier molecular flexibility index (Phi) is 3.98. The molecule has 2 heterocycles. The van der Waals surface area contributed by atoms with Gasteiger partial charge in [0, 0.05) is 23.1 Å². The lowest BCUT2D eigenvalue weighted by Crippen LogP contribution is -2.17. The smallest absolute Gasteiger partial charge is 0.131 e. The number of nitrogens with zero attached hydrogens (tertiary/aromatic N) is 2. The third-order valence-electron chi connectivity index (χ3n) is 4.43. The Bertz CT molecular complexity index is 1050. The van der Waals surface area contributed by atoms with E-state index >= 15 is 0 Å². The average Bonchev–Trinajstić information content (AvgIpc) is 3.05. The number of aliphatic hydroxyl groups is 1. The van der Waals surface area contributed by atoms with E-state index in [0.29, 0.717) is 0 Å². The molecule has 0 saturated carbocycles. The molecule has 2 aromatic heterocycles. The molecule has 0 radical (unpaired) electrons. The van der Waals surface area contributed by atoms with Gasteiger partial charge in [-0.1, -0.05) is 36.4 Å². The van der Waals surface area contributed by atoms with Crippen LogP contribution in [0.2, 0.25) is 0 Å². The predicted octanol–water partition coefficient (Wildman–Crippen LogP) is 5.00. The molecule has 0 amide bonds. The minimum Gasteiger partial charge on any atom is -0.386 e. The van der Waals surface area contributed by atoms with Gasteiger partial charge in [-0.3, -0.25) is 0 Å². The molecule has 0 aliphatic carbocycles. The van der Waals surface area contributed by atoms with Crippen molar-refractivity contribution in [3.8, 4) is 5.69 Å². The number of anilines is 2. The van der Waals surface area contributed by atoms with Gasteiger partial charge in [-0.15, -0.1) is 0 Å².